The van der Waals surface area contributed by atoms with Crippen LogP contribution in [0.1, 0.15) is 40.5 Å². The van der Waals surface area contributed by atoms with Crippen LogP contribution in [-0.4, -0.2) is 27.4 Å². The third-order valence-corrected chi connectivity index (χ3v) is 3.78. The van der Waals surface area contributed by atoms with Gasteiger partial charge in [0.15, 0.2) is 0 Å². The van der Waals surface area contributed by atoms with Crippen LogP contribution in [0.4, 0.5) is 5.69 Å². The fourth-order valence-electron chi connectivity index (χ4n) is 3.14. The Labute approximate surface area is 110 Å². The topological polar surface area (TPSA) is 35.5 Å². The molecule has 1 aliphatic rings. The van der Waals surface area contributed by atoms with Crippen LogP contribution in [0.2, 0.25) is 0 Å². The number of anilines is 1. The molecule has 1 aromatic rings. The van der Waals surface area contributed by atoms with Crippen LogP contribution in [0.3, 0.4) is 0 Å². The zero-order valence-corrected chi connectivity index (χ0v) is 11.8. The molecule has 0 spiro atoms. The highest BCUT2D eigenvalue weighted by molar-refractivity contribution is 5.43. The lowest BCUT2D eigenvalue weighted by Gasteiger charge is -2.51. The van der Waals surface area contributed by atoms with E-state index in [0.717, 1.165) is 18.5 Å². The van der Waals surface area contributed by atoms with Crippen LogP contribution in [0, 0.1) is 0 Å². The molecule has 1 aliphatic heterocycles. The van der Waals surface area contributed by atoms with Crippen molar-refractivity contribution in [1.29, 1.82) is 0 Å². The molecule has 0 amide bonds. The molecule has 18 heavy (non-hydrogen) atoms. The number of hydrogen-bond acceptors (Lipinski definition) is 3. The molecular weight excluding hydrogens is 224 g/mol. The maximum Gasteiger partial charge on any atom is 0.0429 e. The van der Waals surface area contributed by atoms with Crippen molar-refractivity contribution in [3.8, 4) is 0 Å². The van der Waals surface area contributed by atoms with Gasteiger partial charge < -0.3 is 10.5 Å². The number of piperidine rings is 1. The molecule has 2 N–H and O–H groups in total. The molecule has 3 nitrogen and oxygen atoms in total. The fraction of sp³-hybridized carbons (Fsp3) is 0.600. The third kappa shape index (κ3) is 2.68. The van der Waals surface area contributed by atoms with E-state index in [2.05, 4.69) is 45.1 Å². The summed E-state index contributed by atoms with van der Waals surface area (Å²) in [6.45, 7) is 8.36. The molecule has 100 valence electrons. The van der Waals surface area contributed by atoms with Gasteiger partial charge in [0.2, 0.25) is 0 Å². The quantitative estimate of drug-likeness (QED) is 0.840. The molecule has 1 aromatic carbocycles. The standard InChI is InChI=1S/C15H24N2O/c1-14(2)10-13(11-15(3,4)17(14)18)16-12-8-6-5-7-9-12/h5-9,13,16,18H,10-11H2,1-4H3. The van der Waals surface area contributed by atoms with Crippen molar-refractivity contribution in [2.24, 2.45) is 0 Å². The van der Waals surface area contributed by atoms with Gasteiger partial charge >= 0.3 is 0 Å². The predicted octanol–water partition coefficient (Wildman–Crippen LogP) is 3.51. The number of rotatable bonds is 2. The molecule has 0 atom stereocenters. The van der Waals surface area contributed by atoms with Gasteiger partial charge in [0.1, 0.15) is 0 Å². The molecule has 0 radical (unpaired) electrons. The Kier molecular flexibility index (Phi) is 3.39. The summed E-state index contributed by atoms with van der Waals surface area (Å²) >= 11 is 0. The summed E-state index contributed by atoms with van der Waals surface area (Å²) in [7, 11) is 0. The van der Waals surface area contributed by atoms with Gasteiger partial charge in [-0.05, 0) is 52.7 Å². The zero-order chi connectivity index (χ0) is 13.4. The highest BCUT2D eigenvalue weighted by Gasteiger charge is 2.44. The first kappa shape index (κ1) is 13.4. The fourth-order valence-corrected chi connectivity index (χ4v) is 3.14. The monoisotopic (exact) mass is 248 g/mol. The zero-order valence-electron chi connectivity index (χ0n) is 11.8. The number of para-hydroxylation sites is 1. The summed E-state index contributed by atoms with van der Waals surface area (Å²) in [4.78, 5) is 0. The Morgan fingerprint density at radius 2 is 1.56 bits per heavy atom. The van der Waals surface area contributed by atoms with E-state index in [0.29, 0.717) is 6.04 Å². The Balaban J connectivity index is 2.12. The molecule has 0 aliphatic carbocycles. The number of hydrogen-bond donors (Lipinski definition) is 2. The van der Waals surface area contributed by atoms with Crippen molar-refractivity contribution in [3.63, 3.8) is 0 Å². The molecule has 2 rings (SSSR count). The maximum absolute atomic E-state index is 10.3. The van der Waals surface area contributed by atoms with Crippen LogP contribution < -0.4 is 5.32 Å². The van der Waals surface area contributed by atoms with Crippen LogP contribution in [0.25, 0.3) is 0 Å². The molecule has 1 fully saturated rings. The molecule has 0 saturated carbocycles. The number of benzene rings is 1. The largest absolute Gasteiger partial charge is 0.382 e. The van der Waals surface area contributed by atoms with Crippen LogP contribution in [-0.2, 0) is 0 Å². The van der Waals surface area contributed by atoms with Crippen molar-refractivity contribution in [2.45, 2.75) is 57.7 Å². The van der Waals surface area contributed by atoms with Crippen LogP contribution >= 0.6 is 0 Å². The summed E-state index contributed by atoms with van der Waals surface area (Å²) in [5, 5.41) is 15.3. The van der Waals surface area contributed by atoms with E-state index >= 15 is 0 Å². The second-order valence-electron chi connectivity index (χ2n) is 6.55. The second kappa shape index (κ2) is 4.56. The van der Waals surface area contributed by atoms with E-state index in [1.165, 1.54) is 5.06 Å². The molecule has 0 bridgehead atoms. The van der Waals surface area contributed by atoms with Gasteiger partial charge in [-0.25, -0.2) is 0 Å². The Morgan fingerprint density at radius 3 is 2.06 bits per heavy atom. The summed E-state index contributed by atoms with van der Waals surface area (Å²) < 4.78 is 0. The lowest BCUT2D eigenvalue weighted by Crippen LogP contribution is -2.61. The summed E-state index contributed by atoms with van der Waals surface area (Å²) in [6.07, 6.45) is 1.86. The Hall–Kier alpha value is -1.06. The second-order valence-corrected chi connectivity index (χ2v) is 6.55. The highest BCUT2D eigenvalue weighted by Crippen LogP contribution is 2.37. The van der Waals surface area contributed by atoms with Gasteiger partial charge in [-0.1, -0.05) is 18.2 Å². The average Bonchev–Trinajstić information content (AvgIpc) is 2.26. The molecule has 1 heterocycles. The van der Waals surface area contributed by atoms with E-state index in [1.807, 2.05) is 18.2 Å². The minimum Gasteiger partial charge on any atom is -0.382 e. The number of hydroxylamine groups is 2. The SMILES string of the molecule is CC1(C)CC(Nc2ccccc2)CC(C)(C)N1O. The van der Waals surface area contributed by atoms with Gasteiger partial charge in [-0.3, -0.25) is 0 Å². The van der Waals surface area contributed by atoms with Crippen molar-refractivity contribution in [1.82, 2.24) is 5.06 Å². The van der Waals surface area contributed by atoms with Crippen molar-refractivity contribution >= 4 is 5.69 Å². The van der Waals surface area contributed by atoms with E-state index < -0.39 is 0 Å². The third-order valence-electron chi connectivity index (χ3n) is 3.78. The lowest BCUT2D eigenvalue weighted by atomic mass is 9.79. The predicted molar refractivity (Wildman–Crippen MR) is 74.9 cm³/mol. The smallest absolute Gasteiger partial charge is 0.0429 e. The van der Waals surface area contributed by atoms with E-state index in [-0.39, 0.29) is 11.1 Å². The molecule has 3 heteroatoms. The lowest BCUT2D eigenvalue weighted by molar-refractivity contribution is -0.243. The molecule has 1 saturated heterocycles. The minimum absolute atomic E-state index is 0.200. The van der Waals surface area contributed by atoms with Gasteiger partial charge in [0.25, 0.3) is 0 Å². The molecule has 0 unspecified atom stereocenters. The Morgan fingerprint density at radius 1 is 1.06 bits per heavy atom. The minimum atomic E-state index is -0.200. The Bertz CT molecular complexity index is 382. The van der Waals surface area contributed by atoms with E-state index in [9.17, 15) is 5.21 Å². The van der Waals surface area contributed by atoms with Crippen LogP contribution in [0.5, 0.6) is 0 Å². The van der Waals surface area contributed by atoms with Gasteiger partial charge in [0.05, 0.1) is 0 Å². The summed E-state index contributed by atoms with van der Waals surface area (Å²) in [5.41, 5.74) is 0.753. The first-order valence-corrected chi connectivity index (χ1v) is 6.62. The van der Waals surface area contributed by atoms with Crippen molar-refractivity contribution < 1.29 is 5.21 Å². The average molecular weight is 248 g/mol. The first-order chi connectivity index (χ1) is 8.31. The first-order valence-electron chi connectivity index (χ1n) is 6.62. The molecule has 0 aromatic heterocycles. The summed E-state index contributed by atoms with van der Waals surface area (Å²) in [6, 6.07) is 10.7. The van der Waals surface area contributed by atoms with Gasteiger partial charge in [-0.15, -0.1) is 0 Å². The number of nitrogens with zero attached hydrogens (tertiary/aromatic N) is 1. The van der Waals surface area contributed by atoms with E-state index in [4.69, 9.17) is 0 Å². The van der Waals surface area contributed by atoms with Gasteiger partial charge in [0, 0.05) is 22.8 Å². The molecular formula is C15H24N2O. The number of nitrogens with one attached hydrogen (secondary N) is 1. The van der Waals surface area contributed by atoms with Crippen LogP contribution in [0.15, 0.2) is 30.3 Å². The van der Waals surface area contributed by atoms with Crippen molar-refractivity contribution in [3.05, 3.63) is 30.3 Å². The normalized spacial score (nSPS) is 23.8. The van der Waals surface area contributed by atoms with Gasteiger partial charge in [-0.2, -0.15) is 5.06 Å². The van der Waals surface area contributed by atoms with E-state index in [1.54, 1.807) is 0 Å². The highest BCUT2D eigenvalue weighted by atomic mass is 16.5. The summed E-state index contributed by atoms with van der Waals surface area (Å²) in [5.74, 6) is 0. The van der Waals surface area contributed by atoms with Crippen molar-refractivity contribution in [2.75, 3.05) is 5.32 Å². The maximum atomic E-state index is 10.3.